The SMILES string of the molecule is C=C(CC)/C(=C/CCC)C(C)=S. The van der Waals surface area contributed by atoms with E-state index < -0.39 is 0 Å². The number of rotatable bonds is 5. The molecule has 0 atom stereocenters. The molecule has 0 aromatic carbocycles. The van der Waals surface area contributed by atoms with Crippen molar-refractivity contribution in [1.29, 1.82) is 0 Å². The lowest BCUT2D eigenvalue weighted by Gasteiger charge is -2.06. The van der Waals surface area contributed by atoms with Crippen molar-refractivity contribution in [2.45, 2.75) is 40.0 Å². The molecule has 0 nitrogen and oxygen atoms in total. The molecular weight excluding hydrogens is 164 g/mol. The quantitative estimate of drug-likeness (QED) is 0.351. The fourth-order valence-electron chi connectivity index (χ4n) is 1.02. The van der Waals surface area contributed by atoms with E-state index >= 15 is 0 Å². The van der Waals surface area contributed by atoms with Gasteiger partial charge in [0.05, 0.1) is 0 Å². The molecule has 0 aliphatic carbocycles. The van der Waals surface area contributed by atoms with E-state index in [1.807, 2.05) is 6.92 Å². The molecule has 0 amide bonds. The van der Waals surface area contributed by atoms with Crippen LogP contribution in [0.1, 0.15) is 40.0 Å². The second kappa shape index (κ2) is 6.13. The third-order valence-electron chi connectivity index (χ3n) is 1.82. The normalized spacial score (nSPS) is 11.4. The van der Waals surface area contributed by atoms with Gasteiger partial charge < -0.3 is 0 Å². The first-order valence-corrected chi connectivity index (χ1v) is 4.93. The van der Waals surface area contributed by atoms with Gasteiger partial charge in [0.2, 0.25) is 0 Å². The molecule has 0 N–H and O–H groups in total. The summed E-state index contributed by atoms with van der Waals surface area (Å²) >= 11 is 5.14. The zero-order valence-corrected chi connectivity index (χ0v) is 9.13. The Labute approximate surface area is 81.4 Å². The van der Waals surface area contributed by atoms with Crippen molar-refractivity contribution in [2.75, 3.05) is 0 Å². The molecule has 0 rings (SSSR count). The molecule has 0 aliphatic rings. The molecule has 0 bridgehead atoms. The van der Waals surface area contributed by atoms with Gasteiger partial charge in [0.15, 0.2) is 0 Å². The van der Waals surface area contributed by atoms with Crippen LogP contribution in [0.4, 0.5) is 0 Å². The Morgan fingerprint density at radius 2 is 2.00 bits per heavy atom. The van der Waals surface area contributed by atoms with Crippen molar-refractivity contribution in [2.24, 2.45) is 0 Å². The predicted octanol–water partition coefficient (Wildman–Crippen LogP) is 4.07. The number of hydrogen-bond donors (Lipinski definition) is 0. The summed E-state index contributed by atoms with van der Waals surface area (Å²) in [5.74, 6) is 0. The average Bonchev–Trinajstić information content (AvgIpc) is 2.04. The van der Waals surface area contributed by atoms with Crippen LogP contribution in [-0.4, -0.2) is 4.86 Å². The van der Waals surface area contributed by atoms with Gasteiger partial charge >= 0.3 is 0 Å². The maximum absolute atomic E-state index is 5.14. The minimum atomic E-state index is 0.968. The second-order valence-corrected chi connectivity index (χ2v) is 3.53. The number of hydrogen-bond acceptors (Lipinski definition) is 1. The molecule has 12 heavy (non-hydrogen) atoms. The summed E-state index contributed by atoms with van der Waals surface area (Å²) in [5, 5.41) is 0. The lowest BCUT2D eigenvalue weighted by molar-refractivity contribution is 0.952. The van der Waals surface area contributed by atoms with Gasteiger partial charge in [-0.3, -0.25) is 0 Å². The fourth-order valence-corrected chi connectivity index (χ4v) is 1.24. The third-order valence-corrected chi connectivity index (χ3v) is 2.04. The summed E-state index contributed by atoms with van der Waals surface area (Å²) in [4.78, 5) is 0.968. The summed E-state index contributed by atoms with van der Waals surface area (Å²) in [6, 6.07) is 0. The van der Waals surface area contributed by atoms with Crippen LogP contribution < -0.4 is 0 Å². The standard InChI is InChI=1S/C11H18S/c1-5-7-8-11(10(4)12)9(3)6-2/h8H,3,5-7H2,1-2,4H3/b11-8-. The summed E-state index contributed by atoms with van der Waals surface area (Å²) in [7, 11) is 0. The minimum Gasteiger partial charge on any atom is -0.0952 e. The zero-order valence-electron chi connectivity index (χ0n) is 8.31. The van der Waals surface area contributed by atoms with E-state index in [4.69, 9.17) is 12.2 Å². The minimum absolute atomic E-state index is 0.968. The first-order chi connectivity index (χ1) is 5.63. The van der Waals surface area contributed by atoms with Crippen LogP contribution in [0.5, 0.6) is 0 Å². The topological polar surface area (TPSA) is 0 Å². The smallest absolute Gasteiger partial charge is 0.0192 e. The van der Waals surface area contributed by atoms with Gasteiger partial charge in [-0.25, -0.2) is 0 Å². The van der Waals surface area contributed by atoms with Crippen LogP contribution in [0.25, 0.3) is 0 Å². The van der Waals surface area contributed by atoms with Gasteiger partial charge in [-0.05, 0) is 30.9 Å². The van der Waals surface area contributed by atoms with Gasteiger partial charge in [0, 0.05) is 4.86 Å². The summed E-state index contributed by atoms with van der Waals surface area (Å²) in [6.07, 6.45) is 5.46. The molecule has 68 valence electrons. The van der Waals surface area contributed by atoms with E-state index in [9.17, 15) is 0 Å². The highest BCUT2D eigenvalue weighted by molar-refractivity contribution is 7.80. The highest BCUT2D eigenvalue weighted by atomic mass is 32.1. The van der Waals surface area contributed by atoms with Crippen molar-refractivity contribution in [1.82, 2.24) is 0 Å². The molecule has 0 aliphatic heterocycles. The molecule has 0 radical (unpaired) electrons. The van der Waals surface area contributed by atoms with Crippen molar-refractivity contribution in [3.05, 3.63) is 23.8 Å². The lowest BCUT2D eigenvalue weighted by atomic mass is 10.0. The molecule has 1 heteroatoms. The first kappa shape index (κ1) is 11.6. The van der Waals surface area contributed by atoms with Crippen LogP contribution in [0.15, 0.2) is 23.8 Å². The molecule has 0 saturated heterocycles. The Morgan fingerprint density at radius 3 is 2.33 bits per heavy atom. The summed E-state index contributed by atoms with van der Waals surface area (Å²) in [6.45, 7) is 10.2. The Balaban J connectivity index is 4.43. The van der Waals surface area contributed by atoms with Crippen molar-refractivity contribution < 1.29 is 0 Å². The van der Waals surface area contributed by atoms with Gasteiger partial charge in [-0.15, -0.1) is 0 Å². The maximum atomic E-state index is 5.14. The number of allylic oxidation sites excluding steroid dienone is 3. The van der Waals surface area contributed by atoms with Crippen molar-refractivity contribution in [3.63, 3.8) is 0 Å². The van der Waals surface area contributed by atoms with E-state index in [1.54, 1.807) is 0 Å². The fraction of sp³-hybridized carbons (Fsp3) is 0.545. The van der Waals surface area contributed by atoms with Crippen molar-refractivity contribution in [3.8, 4) is 0 Å². The van der Waals surface area contributed by atoms with E-state index in [1.165, 1.54) is 12.0 Å². The molecular formula is C11H18S. The highest BCUT2D eigenvalue weighted by Gasteiger charge is 2.01. The van der Waals surface area contributed by atoms with Crippen LogP contribution in [0.2, 0.25) is 0 Å². The molecule has 0 aromatic heterocycles. The van der Waals surface area contributed by atoms with Crippen LogP contribution in [0.3, 0.4) is 0 Å². The van der Waals surface area contributed by atoms with Crippen molar-refractivity contribution >= 4 is 17.1 Å². The Hall–Kier alpha value is -0.430. The summed E-state index contributed by atoms with van der Waals surface area (Å²) < 4.78 is 0. The number of unbranched alkanes of at least 4 members (excludes halogenated alkanes) is 1. The second-order valence-electron chi connectivity index (χ2n) is 2.92. The molecule has 0 saturated carbocycles. The monoisotopic (exact) mass is 182 g/mol. The Morgan fingerprint density at radius 1 is 1.42 bits per heavy atom. The highest BCUT2D eigenvalue weighted by Crippen LogP contribution is 2.14. The van der Waals surface area contributed by atoms with Gasteiger partial charge in [0.25, 0.3) is 0 Å². The van der Waals surface area contributed by atoms with Gasteiger partial charge in [-0.2, -0.15) is 0 Å². The van der Waals surface area contributed by atoms with E-state index in [-0.39, 0.29) is 0 Å². The maximum Gasteiger partial charge on any atom is 0.0192 e. The van der Waals surface area contributed by atoms with Gasteiger partial charge in [-0.1, -0.05) is 45.1 Å². The predicted molar refractivity (Wildman–Crippen MR) is 60.7 cm³/mol. The Kier molecular flexibility index (Phi) is 5.91. The van der Waals surface area contributed by atoms with Crippen LogP contribution in [0, 0.1) is 0 Å². The largest absolute Gasteiger partial charge is 0.0952 e. The lowest BCUT2D eigenvalue weighted by Crippen LogP contribution is -1.96. The summed E-state index contributed by atoms with van der Waals surface area (Å²) in [5.41, 5.74) is 2.35. The molecule has 0 fully saturated rings. The zero-order chi connectivity index (χ0) is 9.56. The molecule has 0 unspecified atom stereocenters. The average molecular weight is 182 g/mol. The van der Waals surface area contributed by atoms with E-state index in [2.05, 4.69) is 26.5 Å². The first-order valence-electron chi connectivity index (χ1n) is 4.52. The van der Waals surface area contributed by atoms with Crippen LogP contribution >= 0.6 is 12.2 Å². The Bertz CT molecular complexity index is 199. The third kappa shape index (κ3) is 3.82. The number of thiocarbonyl (C=S) groups is 1. The van der Waals surface area contributed by atoms with Crippen LogP contribution in [-0.2, 0) is 0 Å². The van der Waals surface area contributed by atoms with E-state index in [0.29, 0.717) is 0 Å². The molecule has 0 aromatic rings. The van der Waals surface area contributed by atoms with Gasteiger partial charge in [0.1, 0.15) is 0 Å². The van der Waals surface area contributed by atoms with E-state index in [0.717, 1.165) is 23.3 Å². The molecule has 0 spiro atoms. The molecule has 0 heterocycles.